The van der Waals surface area contributed by atoms with Crippen molar-refractivity contribution in [3.8, 4) is 27.3 Å². The predicted molar refractivity (Wildman–Crippen MR) is 218 cm³/mol. The molecule has 2 aliphatic heterocycles. The minimum atomic E-state index is -2.44. The van der Waals surface area contributed by atoms with E-state index >= 15 is 0 Å². The van der Waals surface area contributed by atoms with Gasteiger partial charge in [-0.05, 0) is 6.42 Å². The quantitative estimate of drug-likeness (QED) is 0.0908. The zero-order valence-corrected chi connectivity index (χ0v) is 34.3. The summed E-state index contributed by atoms with van der Waals surface area (Å²) in [6.45, 7) is 10.6. The number of hydrogen-bond acceptors (Lipinski definition) is 1. The van der Waals surface area contributed by atoms with Crippen LogP contribution in [0.3, 0.4) is 0 Å². The van der Waals surface area contributed by atoms with Crippen molar-refractivity contribution in [2.24, 2.45) is 0 Å². The van der Waals surface area contributed by atoms with Gasteiger partial charge in [-0.2, -0.15) is 0 Å². The Morgan fingerprint density at radius 1 is 0.745 bits per heavy atom. The summed E-state index contributed by atoms with van der Waals surface area (Å²) in [6, 6.07) is 47.2. The standard InChI is InChI=1S/C47H43OPSi.Os/c1-6-17-36-25-28-44-45-29-26-37(31-47(45)50(4,5)46(44)30-36)24-27-39(32-40-34-48-33-38(40)7-2)35(3)49(41-18-11-8-12-19-41,42-20-13-9-14-21-42)43-22-15-10-16-23-43;/h7-16,18-23,25-26,28-32H,6,17,33-34H2,1-2,4-5H3;/q+1;. The van der Waals surface area contributed by atoms with Crippen molar-refractivity contribution in [3.63, 3.8) is 0 Å². The first-order chi connectivity index (χ1) is 24.9. The van der Waals surface area contributed by atoms with E-state index in [2.05, 4.69) is 183 Å². The van der Waals surface area contributed by atoms with Crippen molar-refractivity contribution < 1.29 is 22.7 Å². The fourth-order valence-corrected chi connectivity index (χ4v) is 16.6. The summed E-state index contributed by atoms with van der Waals surface area (Å²) >= 11 is 1.80. The molecule has 0 unspecified atom stereocenters. The molecule has 0 spiro atoms. The Bertz CT molecular complexity index is 2190. The Kier molecular flexibility index (Phi) is 10.6. The van der Waals surface area contributed by atoms with E-state index in [9.17, 15) is 0 Å². The fraction of sp³-hybridized carbons (Fsp3) is 0.170. The zero-order chi connectivity index (χ0) is 35.4. The van der Waals surface area contributed by atoms with E-state index in [4.69, 9.17) is 4.74 Å². The van der Waals surface area contributed by atoms with E-state index in [1.165, 1.54) is 55.4 Å². The molecule has 4 heteroatoms. The van der Waals surface area contributed by atoms with Crippen molar-refractivity contribution >= 4 is 41.6 Å². The van der Waals surface area contributed by atoms with Gasteiger partial charge in [-0.15, -0.1) is 0 Å². The van der Waals surface area contributed by atoms with Gasteiger partial charge in [-0.25, -0.2) is 0 Å². The van der Waals surface area contributed by atoms with Crippen LogP contribution in [0.15, 0.2) is 162 Å². The summed E-state index contributed by atoms with van der Waals surface area (Å²) < 4.78 is 9.81. The number of fused-ring (bicyclic) bond motifs is 3. The summed E-state index contributed by atoms with van der Waals surface area (Å²) in [5, 5.41) is 8.05. The molecule has 0 saturated carbocycles. The molecule has 2 heterocycles. The molecule has 253 valence electrons. The molecule has 0 aliphatic carbocycles. The van der Waals surface area contributed by atoms with Crippen LogP contribution >= 0.6 is 7.26 Å². The second-order valence-electron chi connectivity index (χ2n) is 13.8. The van der Waals surface area contributed by atoms with Crippen LogP contribution in [0.1, 0.15) is 31.4 Å². The van der Waals surface area contributed by atoms with E-state index in [-0.39, 0.29) is 0 Å². The van der Waals surface area contributed by atoms with Crippen LogP contribution in [0, 0.1) is 16.2 Å². The molecule has 0 N–H and O–H groups in total. The molecule has 0 radical (unpaired) electrons. The number of benzene rings is 5. The maximum atomic E-state index is 5.99. The van der Waals surface area contributed by atoms with E-state index in [0.29, 0.717) is 13.2 Å². The Labute approximate surface area is 315 Å². The molecule has 1 saturated heterocycles. The Hall–Kier alpha value is -4.10. The summed E-state index contributed by atoms with van der Waals surface area (Å²) in [5.41, 5.74) is 8.71. The van der Waals surface area contributed by atoms with Gasteiger partial charge in [0.05, 0.1) is 0 Å². The average Bonchev–Trinajstić information content (AvgIpc) is 3.72. The van der Waals surface area contributed by atoms with Gasteiger partial charge in [-0.3, -0.25) is 0 Å². The van der Waals surface area contributed by atoms with Crippen LogP contribution in [-0.4, -0.2) is 21.3 Å². The molecule has 0 aromatic heterocycles. The number of rotatable bonds is 7. The number of aryl methyl sites for hydroxylation is 1. The molecule has 0 atom stereocenters. The summed E-state index contributed by atoms with van der Waals surface area (Å²) in [7, 11) is -4.32. The van der Waals surface area contributed by atoms with E-state index < -0.39 is 15.3 Å². The Balaban J connectivity index is 1.48. The van der Waals surface area contributed by atoms with Gasteiger partial charge in [0.2, 0.25) is 0 Å². The normalized spacial score (nSPS) is 16.5. The first kappa shape index (κ1) is 35.3. The minimum absolute atomic E-state index is 0.578. The molecular weight excluding hydrogens is 830 g/mol. The van der Waals surface area contributed by atoms with Crippen molar-refractivity contribution in [3.05, 3.63) is 173 Å². The second kappa shape index (κ2) is 15.3. The van der Waals surface area contributed by atoms with Gasteiger partial charge < -0.3 is 0 Å². The van der Waals surface area contributed by atoms with Crippen LogP contribution in [0.4, 0.5) is 0 Å². The van der Waals surface area contributed by atoms with Gasteiger partial charge in [-0.1, -0.05) is 13.3 Å². The first-order valence-electron chi connectivity index (χ1n) is 17.8. The van der Waals surface area contributed by atoms with Crippen LogP contribution < -0.4 is 26.3 Å². The average molecular weight is 873 g/mol. The van der Waals surface area contributed by atoms with Crippen molar-refractivity contribution in [1.82, 2.24) is 0 Å². The van der Waals surface area contributed by atoms with Gasteiger partial charge >= 0.3 is 298 Å². The molecule has 5 aromatic rings. The Morgan fingerprint density at radius 2 is 1.29 bits per heavy atom. The van der Waals surface area contributed by atoms with Crippen molar-refractivity contribution in [2.75, 3.05) is 13.2 Å². The number of allylic oxidation sites excluding steroid dienone is 4. The van der Waals surface area contributed by atoms with Crippen LogP contribution in [-0.2, 0) is 29.1 Å². The molecule has 0 bridgehead atoms. The predicted octanol–water partition coefficient (Wildman–Crippen LogP) is 8.45. The fourth-order valence-electron chi connectivity index (χ4n) is 7.72. The first-order valence-corrected chi connectivity index (χ1v) is 23.9. The van der Waals surface area contributed by atoms with E-state index in [1.54, 1.807) is 23.1 Å². The SMILES string of the molecule is CC=C1COCC1=CC(C#Cc1ccc2c(c1)[Si](C)(C)c1cc(CCC)ccc1-2)=C([C]#[Os])[P+](c1ccccc1)(c1ccccc1)c1ccccc1. The molecule has 5 aromatic carbocycles. The molecular formula is C47H43OOsPSi+. The molecule has 1 nitrogen and oxygen atoms in total. The van der Waals surface area contributed by atoms with Gasteiger partial charge in [0.1, 0.15) is 0 Å². The molecule has 0 amide bonds. The molecule has 51 heavy (non-hydrogen) atoms. The summed E-state index contributed by atoms with van der Waals surface area (Å²) in [5.74, 6) is 7.50. The molecule has 1 fully saturated rings. The second-order valence-corrected chi connectivity index (χ2v) is 22.1. The molecule has 7 rings (SSSR count). The zero-order valence-electron chi connectivity index (χ0n) is 29.8. The van der Waals surface area contributed by atoms with Crippen LogP contribution in [0.2, 0.25) is 13.1 Å². The summed E-state index contributed by atoms with van der Waals surface area (Å²) in [6.07, 6.45) is 6.77. The number of ether oxygens (including phenoxy) is 1. The van der Waals surface area contributed by atoms with Crippen molar-refractivity contribution in [1.29, 1.82) is 0 Å². The Morgan fingerprint density at radius 3 is 1.84 bits per heavy atom. The topological polar surface area (TPSA) is 9.23 Å². The third kappa shape index (κ3) is 6.59. The van der Waals surface area contributed by atoms with Crippen LogP contribution in [0.5, 0.6) is 0 Å². The maximum absolute atomic E-state index is 5.99. The number of hydrogen-bond donors (Lipinski definition) is 0. The van der Waals surface area contributed by atoms with Gasteiger partial charge in [0.15, 0.2) is 0 Å². The van der Waals surface area contributed by atoms with E-state index in [1.807, 2.05) is 0 Å². The third-order valence-corrected chi connectivity index (χ3v) is 19.2. The van der Waals surface area contributed by atoms with Gasteiger partial charge in [0.25, 0.3) is 0 Å². The van der Waals surface area contributed by atoms with Crippen molar-refractivity contribution in [2.45, 2.75) is 39.8 Å². The summed E-state index contributed by atoms with van der Waals surface area (Å²) in [4.78, 5) is 0. The third-order valence-electron chi connectivity index (χ3n) is 10.3. The van der Waals surface area contributed by atoms with Crippen LogP contribution in [0.25, 0.3) is 11.1 Å². The monoisotopic (exact) mass is 874 g/mol. The molecule has 2 aliphatic rings. The van der Waals surface area contributed by atoms with E-state index in [0.717, 1.165) is 22.9 Å². The van der Waals surface area contributed by atoms with Gasteiger partial charge in [0, 0.05) is 0 Å².